The van der Waals surface area contributed by atoms with Gasteiger partial charge in [0.25, 0.3) is 0 Å². The number of ether oxygens (including phenoxy) is 2. The van der Waals surface area contributed by atoms with Crippen molar-refractivity contribution in [3.05, 3.63) is 36.5 Å². The molecule has 0 saturated carbocycles. The van der Waals surface area contributed by atoms with Crippen molar-refractivity contribution in [3.63, 3.8) is 0 Å². The van der Waals surface area contributed by atoms with E-state index in [1.165, 1.54) is 289 Å². The Morgan fingerprint density at radius 1 is 0.418 bits per heavy atom. The minimum Gasteiger partial charge on any atom is -0.394 e. The fourth-order valence-electron chi connectivity index (χ4n) is 11.2. The van der Waals surface area contributed by atoms with Crippen molar-refractivity contribution in [2.75, 3.05) is 13.2 Å². The van der Waals surface area contributed by atoms with E-state index in [2.05, 4.69) is 43.5 Å². The van der Waals surface area contributed by atoms with Crippen LogP contribution in [0.3, 0.4) is 0 Å². The van der Waals surface area contributed by atoms with E-state index in [9.17, 15) is 30.3 Å². The van der Waals surface area contributed by atoms with Crippen LogP contribution in [0.4, 0.5) is 0 Å². The molecular formula is C70H133NO8. The molecule has 79 heavy (non-hydrogen) atoms. The molecule has 0 aromatic rings. The van der Waals surface area contributed by atoms with Gasteiger partial charge in [0.15, 0.2) is 6.29 Å². The maximum Gasteiger partial charge on any atom is 0.220 e. The predicted octanol–water partition coefficient (Wildman–Crippen LogP) is 18.6. The van der Waals surface area contributed by atoms with Crippen molar-refractivity contribution < 1.29 is 39.8 Å². The van der Waals surface area contributed by atoms with Crippen LogP contribution in [0.25, 0.3) is 0 Å². The lowest BCUT2D eigenvalue weighted by molar-refractivity contribution is -0.302. The van der Waals surface area contributed by atoms with Gasteiger partial charge < -0.3 is 40.3 Å². The number of aliphatic hydroxyl groups is 5. The molecule has 7 unspecified atom stereocenters. The number of nitrogens with one attached hydrogen (secondary N) is 1. The topological polar surface area (TPSA) is 149 Å². The van der Waals surface area contributed by atoms with Crippen molar-refractivity contribution in [1.29, 1.82) is 0 Å². The van der Waals surface area contributed by atoms with Crippen molar-refractivity contribution in [2.45, 2.75) is 391 Å². The average molecular weight is 1120 g/mol. The molecule has 0 aliphatic carbocycles. The van der Waals surface area contributed by atoms with E-state index in [1.807, 2.05) is 6.08 Å². The molecule has 9 nitrogen and oxygen atoms in total. The average Bonchev–Trinajstić information content (AvgIpc) is 3.46. The quantitative estimate of drug-likeness (QED) is 0.0261. The van der Waals surface area contributed by atoms with Crippen molar-refractivity contribution in [2.24, 2.45) is 0 Å². The van der Waals surface area contributed by atoms with E-state index in [0.717, 1.165) is 38.5 Å². The first kappa shape index (κ1) is 75.4. The van der Waals surface area contributed by atoms with E-state index in [1.54, 1.807) is 6.08 Å². The summed E-state index contributed by atoms with van der Waals surface area (Å²) in [7, 11) is 0. The van der Waals surface area contributed by atoms with Gasteiger partial charge in [-0.05, 0) is 57.8 Å². The van der Waals surface area contributed by atoms with E-state index in [-0.39, 0.29) is 12.5 Å². The molecule has 9 heteroatoms. The van der Waals surface area contributed by atoms with Crippen LogP contribution in [-0.2, 0) is 14.3 Å². The Morgan fingerprint density at radius 2 is 0.722 bits per heavy atom. The Labute approximate surface area is 489 Å². The largest absolute Gasteiger partial charge is 0.394 e. The molecule has 1 aliphatic heterocycles. The Morgan fingerprint density at radius 3 is 1.06 bits per heavy atom. The first-order valence-corrected chi connectivity index (χ1v) is 34.7. The van der Waals surface area contributed by atoms with Crippen LogP contribution >= 0.6 is 0 Å². The highest BCUT2D eigenvalue weighted by atomic mass is 16.7. The van der Waals surface area contributed by atoms with Gasteiger partial charge in [0.2, 0.25) is 5.91 Å². The first-order valence-electron chi connectivity index (χ1n) is 34.7. The molecule has 1 fully saturated rings. The zero-order valence-corrected chi connectivity index (χ0v) is 52.2. The zero-order chi connectivity index (χ0) is 57.2. The summed E-state index contributed by atoms with van der Waals surface area (Å²) < 4.78 is 11.3. The Hall–Kier alpha value is -1.59. The number of carbonyl (C=O) groups excluding carboxylic acids is 1. The molecular weight excluding hydrogens is 983 g/mol. The van der Waals surface area contributed by atoms with Gasteiger partial charge in [0.05, 0.1) is 25.4 Å². The third-order valence-electron chi connectivity index (χ3n) is 16.7. The fraction of sp³-hybridized carbons (Fsp3) is 0.900. The van der Waals surface area contributed by atoms with Crippen LogP contribution in [-0.4, -0.2) is 87.5 Å². The number of allylic oxidation sites excluding steroid dienone is 5. The molecule has 6 N–H and O–H groups in total. The summed E-state index contributed by atoms with van der Waals surface area (Å²) in [6.45, 7) is 3.81. The van der Waals surface area contributed by atoms with Gasteiger partial charge in [-0.25, -0.2) is 0 Å². The number of hydrogen-bond acceptors (Lipinski definition) is 8. The summed E-state index contributed by atoms with van der Waals surface area (Å²) in [6.07, 6.45) is 72.7. The molecule has 1 rings (SSSR count). The van der Waals surface area contributed by atoms with Crippen molar-refractivity contribution >= 4 is 5.91 Å². The molecule has 0 spiro atoms. The third-order valence-corrected chi connectivity index (χ3v) is 16.7. The summed E-state index contributed by atoms with van der Waals surface area (Å²) >= 11 is 0. The molecule has 1 saturated heterocycles. The predicted molar refractivity (Wildman–Crippen MR) is 337 cm³/mol. The Kier molecular flexibility index (Phi) is 56.9. The van der Waals surface area contributed by atoms with Gasteiger partial charge in [-0.2, -0.15) is 0 Å². The second kappa shape index (κ2) is 59.6. The second-order valence-corrected chi connectivity index (χ2v) is 24.3. The highest BCUT2D eigenvalue weighted by Crippen LogP contribution is 2.23. The van der Waals surface area contributed by atoms with Gasteiger partial charge in [-0.3, -0.25) is 4.79 Å². The maximum absolute atomic E-state index is 13.1. The molecule has 1 heterocycles. The monoisotopic (exact) mass is 1120 g/mol. The molecule has 7 atom stereocenters. The van der Waals surface area contributed by atoms with Crippen LogP contribution in [0.2, 0.25) is 0 Å². The SMILES string of the molecule is CCCCCCCCCC/C=C\CCCCCCCCCCCCCCCCCCCCCCCCCCCC(=O)NC(COC1OC(CO)C(O)C(O)C1O)C(O)/C=C/CC/C=C/CCCCCCCCCCCCCCC. The van der Waals surface area contributed by atoms with Gasteiger partial charge >= 0.3 is 0 Å². The second-order valence-electron chi connectivity index (χ2n) is 24.3. The molecule has 1 aliphatic rings. The summed E-state index contributed by atoms with van der Waals surface area (Å²) in [5, 5.41) is 54.6. The molecule has 0 aromatic carbocycles. The van der Waals surface area contributed by atoms with Crippen LogP contribution in [0, 0.1) is 0 Å². The van der Waals surface area contributed by atoms with E-state index in [4.69, 9.17) is 9.47 Å². The van der Waals surface area contributed by atoms with Gasteiger partial charge in [-0.15, -0.1) is 0 Å². The summed E-state index contributed by atoms with van der Waals surface area (Å²) in [5.74, 6) is -0.180. The maximum atomic E-state index is 13.1. The molecule has 0 radical (unpaired) electrons. The molecule has 1 amide bonds. The smallest absolute Gasteiger partial charge is 0.220 e. The Balaban J connectivity index is 2.08. The van der Waals surface area contributed by atoms with E-state index < -0.39 is 49.5 Å². The van der Waals surface area contributed by atoms with Crippen LogP contribution in [0.5, 0.6) is 0 Å². The lowest BCUT2D eigenvalue weighted by atomic mass is 9.99. The number of rotatable bonds is 61. The van der Waals surface area contributed by atoms with Crippen molar-refractivity contribution in [3.8, 4) is 0 Å². The lowest BCUT2D eigenvalue weighted by Gasteiger charge is -2.40. The van der Waals surface area contributed by atoms with Crippen molar-refractivity contribution in [1.82, 2.24) is 5.32 Å². The standard InChI is InChI=1S/C70H133NO8/c1-3-5-7-9-11-13-15-17-19-21-23-24-25-26-27-28-29-30-31-32-33-34-35-36-37-38-39-40-42-44-46-48-50-52-54-56-58-60-66(74)71-63(62-78-70-69(77)68(76)67(75)65(61-72)79-70)64(73)59-57-55-53-51-49-47-45-43-41-22-20-18-16-14-12-10-8-6-4-2/h21,23,49,51,57,59,63-65,67-70,72-73,75-77H,3-20,22,24-48,50,52-56,58,60-62H2,1-2H3,(H,71,74)/b23-21-,51-49+,59-57+. The fourth-order valence-corrected chi connectivity index (χ4v) is 11.2. The Bertz CT molecular complexity index is 1340. The van der Waals surface area contributed by atoms with Gasteiger partial charge in [0.1, 0.15) is 24.4 Å². The van der Waals surface area contributed by atoms with Gasteiger partial charge in [0, 0.05) is 6.42 Å². The highest BCUT2D eigenvalue weighted by molar-refractivity contribution is 5.76. The normalized spacial score (nSPS) is 18.7. The minimum atomic E-state index is -1.57. The summed E-state index contributed by atoms with van der Waals surface area (Å²) in [4.78, 5) is 13.1. The number of carbonyl (C=O) groups is 1. The van der Waals surface area contributed by atoms with Gasteiger partial charge in [-0.1, -0.05) is 320 Å². The summed E-state index contributed by atoms with van der Waals surface area (Å²) in [6, 6.07) is -0.820. The molecule has 0 aromatic heterocycles. The highest BCUT2D eigenvalue weighted by Gasteiger charge is 2.44. The third kappa shape index (κ3) is 48.5. The number of aliphatic hydroxyl groups excluding tert-OH is 5. The lowest BCUT2D eigenvalue weighted by Crippen LogP contribution is -2.60. The molecule has 0 bridgehead atoms. The van der Waals surface area contributed by atoms with E-state index >= 15 is 0 Å². The number of amides is 1. The first-order chi connectivity index (χ1) is 38.8. The minimum absolute atomic E-state index is 0.180. The summed E-state index contributed by atoms with van der Waals surface area (Å²) in [5.41, 5.74) is 0. The number of hydrogen-bond donors (Lipinski definition) is 6. The van der Waals surface area contributed by atoms with Crippen LogP contribution in [0.15, 0.2) is 36.5 Å². The van der Waals surface area contributed by atoms with Crippen LogP contribution in [0.1, 0.15) is 348 Å². The molecule has 466 valence electrons. The van der Waals surface area contributed by atoms with Crippen LogP contribution < -0.4 is 5.32 Å². The van der Waals surface area contributed by atoms with E-state index in [0.29, 0.717) is 6.42 Å². The number of unbranched alkanes of at least 4 members (excludes halogenated alkanes) is 47. The zero-order valence-electron chi connectivity index (χ0n) is 52.2.